The van der Waals surface area contributed by atoms with Gasteiger partial charge in [-0.3, -0.25) is 9.59 Å². The summed E-state index contributed by atoms with van der Waals surface area (Å²) in [4.78, 5) is 25.9. The van der Waals surface area contributed by atoms with Gasteiger partial charge in [-0.25, -0.2) is 0 Å². The molecule has 1 saturated heterocycles. The molecule has 4 atom stereocenters. The SMILES string of the molecule is CCC(C)C(C)N1C(=O)C(C)NC(=O)C1CC. The Morgan fingerprint density at radius 1 is 1.29 bits per heavy atom. The summed E-state index contributed by atoms with van der Waals surface area (Å²) in [7, 11) is 0. The molecule has 0 aliphatic carbocycles. The van der Waals surface area contributed by atoms with Gasteiger partial charge in [0.2, 0.25) is 11.8 Å². The first-order chi connectivity index (χ1) is 7.93. The lowest BCUT2D eigenvalue weighted by molar-refractivity contribution is -0.152. The van der Waals surface area contributed by atoms with Crippen molar-refractivity contribution in [2.75, 3.05) is 0 Å². The van der Waals surface area contributed by atoms with Crippen LogP contribution in [-0.2, 0) is 9.59 Å². The lowest BCUT2D eigenvalue weighted by atomic mass is 9.94. The zero-order valence-corrected chi connectivity index (χ0v) is 11.5. The Bertz CT molecular complexity index is 304. The van der Waals surface area contributed by atoms with Crippen molar-refractivity contribution in [1.82, 2.24) is 10.2 Å². The van der Waals surface area contributed by atoms with E-state index in [-0.39, 0.29) is 23.9 Å². The normalized spacial score (nSPS) is 28.9. The highest BCUT2D eigenvalue weighted by Crippen LogP contribution is 2.22. The van der Waals surface area contributed by atoms with Gasteiger partial charge in [0.15, 0.2) is 0 Å². The minimum Gasteiger partial charge on any atom is -0.343 e. The summed E-state index contributed by atoms with van der Waals surface area (Å²) in [6, 6.07) is -0.578. The second-order valence-electron chi connectivity index (χ2n) is 5.03. The Hall–Kier alpha value is -1.06. The van der Waals surface area contributed by atoms with Gasteiger partial charge in [-0.1, -0.05) is 27.2 Å². The minimum absolute atomic E-state index is 0.0187. The highest BCUT2D eigenvalue weighted by Gasteiger charge is 2.40. The largest absolute Gasteiger partial charge is 0.343 e. The number of hydrogen-bond donors (Lipinski definition) is 1. The predicted octanol–water partition coefficient (Wildman–Crippen LogP) is 1.55. The van der Waals surface area contributed by atoms with Crippen LogP contribution in [0.5, 0.6) is 0 Å². The zero-order chi connectivity index (χ0) is 13.2. The van der Waals surface area contributed by atoms with Crippen LogP contribution in [0, 0.1) is 5.92 Å². The van der Waals surface area contributed by atoms with E-state index in [1.807, 2.05) is 13.8 Å². The quantitative estimate of drug-likeness (QED) is 0.810. The van der Waals surface area contributed by atoms with Crippen molar-refractivity contribution in [3.63, 3.8) is 0 Å². The highest BCUT2D eigenvalue weighted by atomic mass is 16.2. The summed E-state index contributed by atoms with van der Waals surface area (Å²) in [6.45, 7) is 9.98. The van der Waals surface area contributed by atoms with Gasteiger partial charge in [0.1, 0.15) is 12.1 Å². The molecule has 1 fully saturated rings. The van der Waals surface area contributed by atoms with Gasteiger partial charge in [-0.2, -0.15) is 0 Å². The predicted molar refractivity (Wildman–Crippen MR) is 67.4 cm³/mol. The van der Waals surface area contributed by atoms with E-state index in [1.165, 1.54) is 0 Å². The van der Waals surface area contributed by atoms with E-state index < -0.39 is 6.04 Å². The molecule has 0 radical (unpaired) electrons. The number of piperazine rings is 1. The van der Waals surface area contributed by atoms with Crippen LogP contribution < -0.4 is 5.32 Å². The molecule has 1 aliphatic rings. The molecule has 0 saturated carbocycles. The van der Waals surface area contributed by atoms with Crippen molar-refractivity contribution in [2.45, 2.75) is 65.6 Å². The first-order valence-electron chi connectivity index (χ1n) is 6.56. The first kappa shape index (κ1) is 14.0. The first-order valence-corrected chi connectivity index (χ1v) is 6.56. The molecule has 4 unspecified atom stereocenters. The highest BCUT2D eigenvalue weighted by molar-refractivity contribution is 5.96. The third kappa shape index (κ3) is 2.61. The van der Waals surface area contributed by atoms with Gasteiger partial charge in [0.05, 0.1) is 0 Å². The Morgan fingerprint density at radius 3 is 2.35 bits per heavy atom. The maximum Gasteiger partial charge on any atom is 0.245 e. The van der Waals surface area contributed by atoms with E-state index >= 15 is 0 Å². The molecule has 0 spiro atoms. The second-order valence-corrected chi connectivity index (χ2v) is 5.03. The molecule has 17 heavy (non-hydrogen) atoms. The number of nitrogens with one attached hydrogen (secondary N) is 1. The fourth-order valence-electron chi connectivity index (χ4n) is 2.36. The van der Waals surface area contributed by atoms with Gasteiger partial charge < -0.3 is 10.2 Å². The second kappa shape index (κ2) is 5.52. The lowest BCUT2D eigenvalue weighted by Gasteiger charge is -2.43. The van der Waals surface area contributed by atoms with E-state index in [0.29, 0.717) is 12.3 Å². The van der Waals surface area contributed by atoms with E-state index in [2.05, 4.69) is 19.2 Å². The van der Waals surface area contributed by atoms with Crippen LogP contribution in [0.2, 0.25) is 0 Å². The maximum absolute atomic E-state index is 12.2. The summed E-state index contributed by atoms with van der Waals surface area (Å²) in [6.07, 6.45) is 1.68. The van der Waals surface area contributed by atoms with E-state index in [4.69, 9.17) is 0 Å². The molecule has 4 heteroatoms. The average molecular weight is 240 g/mol. The third-order valence-electron chi connectivity index (χ3n) is 3.92. The fraction of sp³-hybridized carbons (Fsp3) is 0.846. The van der Waals surface area contributed by atoms with Crippen LogP contribution in [0.4, 0.5) is 0 Å². The molecular weight excluding hydrogens is 216 g/mol. The minimum atomic E-state index is -0.392. The number of rotatable bonds is 4. The van der Waals surface area contributed by atoms with Crippen LogP contribution >= 0.6 is 0 Å². The van der Waals surface area contributed by atoms with Crippen LogP contribution in [0.1, 0.15) is 47.5 Å². The number of carbonyl (C=O) groups is 2. The number of nitrogens with zero attached hydrogens (tertiary/aromatic N) is 1. The number of hydrogen-bond acceptors (Lipinski definition) is 2. The Labute approximate surface area is 104 Å². The average Bonchev–Trinajstić information content (AvgIpc) is 2.31. The van der Waals surface area contributed by atoms with Crippen LogP contribution in [-0.4, -0.2) is 34.8 Å². The zero-order valence-electron chi connectivity index (χ0n) is 11.5. The number of amides is 2. The smallest absolute Gasteiger partial charge is 0.245 e. The molecule has 1 N–H and O–H groups in total. The molecule has 4 nitrogen and oxygen atoms in total. The summed E-state index contributed by atoms with van der Waals surface area (Å²) in [5, 5.41) is 2.74. The monoisotopic (exact) mass is 240 g/mol. The Morgan fingerprint density at radius 2 is 1.88 bits per heavy atom. The Kier molecular flexibility index (Phi) is 4.54. The molecule has 0 bridgehead atoms. The van der Waals surface area contributed by atoms with Crippen molar-refractivity contribution in [1.29, 1.82) is 0 Å². The van der Waals surface area contributed by atoms with Crippen molar-refractivity contribution in [3.8, 4) is 0 Å². The van der Waals surface area contributed by atoms with Crippen LogP contribution in [0.25, 0.3) is 0 Å². The number of carbonyl (C=O) groups excluding carboxylic acids is 2. The summed E-state index contributed by atoms with van der Waals surface area (Å²) in [5.74, 6) is 0.435. The summed E-state index contributed by atoms with van der Waals surface area (Å²) >= 11 is 0. The molecule has 0 aromatic heterocycles. The molecule has 2 amide bonds. The van der Waals surface area contributed by atoms with E-state index in [0.717, 1.165) is 6.42 Å². The van der Waals surface area contributed by atoms with E-state index in [9.17, 15) is 9.59 Å². The molecule has 98 valence electrons. The van der Waals surface area contributed by atoms with Crippen LogP contribution in [0.3, 0.4) is 0 Å². The molecular formula is C13H24N2O2. The van der Waals surface area contributed by atoms with Crippen molar-refractivity contribution >= 4 is 11.8 Å². The lowest BCUT2D eigenvalue weighted by Crippen LogP contribution is -2.65. The van der Waals surface area contributed by atoms with Gasteiger partial charge in [-0.15, -0.1) is 0 Å². The van der Waals surface area contributed by atoms with Crippen LogP contribution in [0.15, 0.2) is 0 Å². The van der Waals surface area contributed by atoms with Gasteiger partial charge in [-0.05, 0) is 26.2 Å². The molecule has 0 aromatic carbocycles. The topological polar surface area (TPSA) is 49.4 Å². The maximum atomic E-state index is 12.2. The Balaban J connectivity index is 2.96. The van der Waals surface area contributed by atoms with Crippen molar-refractivity contribution in [3.05, 3.63) is 0 Å². The molecule has 1 heterocycles. The summed E-state index contributed by atoms with van der Waals surface area (Å²) in [5.41, 5.74) is 0. The van der Waals surface area contributed by atoms with Gasteiger partial charge in [0, 0.05) is 6.04 Å². The fourth-order valence-corrected chi connectivity index (χ4v) is 2.36. The van der Waals surface area contributed by atoms with Crippen molar-refractivity contribution in [2.24, 2.45) is 5.92 Å². The molecule has 1 aliphatic heterocycles. The van der Waals surface area contributed by atoms with E-state index in [1.54, 1.807) is 11.8 Å². The van der Waals surface area contributed by atoms with Gasteiger partial charge in [0.25, 0.3) is 0 Å². The third-order valence-corrected chi connectivity index (χ3v) is 3.92. The summed E-state index contributed by atoms with van der Waals surface area (Å²) < 4.78 is 0. The van der Waals surface area contributed by atoms with Gasteiger partial charge >= 0.3 is 0 Å². The standard InChI is InChI=1S/C13H24N2O2/c1-6-8(3)10(5)15-11(7-2)12(16)14-9(4)13(15)17/h8-11H,6-7H2,1-5H3,(H,14,16). The molecule has 0 aromatic rings. The van der Waals surface area contributed by atoms with Crippen molar-refractivity contribution < 1.29 is 9.59 Å². The molecule has 1 rings (SSSR count).